The van der Waals surface area contributed by atoms with Crippen molar-refractivity contribution in [3.05, 3.63) is 97.5 Å². The molecule has 4 aromatic rings. The molecular formula is C28H25ClN4O4S. The number of aromatic amines is 1. The topological polar surface area (TPSA) is 87.6 Å². The van der Waals surface area contributed by atoms with E-state index in [2.05, 4.69) is 16.8 Å². The molecule has 8 nitrogen and oxygen atoms in total. The van der Waals surface area contributed by atoms with Gasteiger partial charge in [-0.1, -0.05) is 17.7 Å². The van der Waals surface area contributed by atoms with Gasteiger partial charge in [0.25, 0.3) is 11.5 Å². The van der Waals surface area contributed by atoms with Crippen molar-refractivity contribution in [2.75, 3.05) is 38.2 Å². The highest BCUT2D eigenvalue weighted by Crippen LogP contribution is 2.26. The second-order valence-corrected chi connectivity index (χ2v) is 9.90. The molecule has 1 aliphatic rings. The van der Waals surface area contributed by atoms with E-state index in [0.717, 1.165) is 11.3 Å². The van der Waals surface area contributed by atoms with Gasteiger partial charge in [-0.2, -0.15) is 0 Å². The number of hydrogen-bond donors (Lipinski definition) is 1. The van der Waals surface area contributed by atoms with Crippen molar-refractivity contribution in [1.82, 2.24) is 14.5 Å². The number of nitrogens with one attached hydrogen (secondary N) is 1. The number of methoxy groups -OCH3 is 1. The van der Waals surface area contributed by atoms with Gasteiger partial charge < -0.3 is 19.5 Å². The zero-order valence-electron chi connectivity index (χ0n) is 20.9. The molecule has 0 saturated carbocycles. The molecule has 3 aromatic carbocycles. The van der Waals surface area contributed by atoms with Gasteiger partial charge in [0.1, 0.15) is 0 Å². The lowest BCUT2D eigenvalue weighted by atomic mass is 10.1. The van der Waals surface area contributed by atoms with Crippen LogP contribution in [0.15, 0.2) is 65.5 Å². The van der Waals surface area contributed by atoms with Crippen LogP contribution in [0.5, 0.6) is 0 Å². The standard InChI is InChI=1S/C28H25ClN4O4S/c1-17-3-7-20(29)16-24(17)31-11-13-32(14-12-31)25(34)18-4-8-21(9-5-18)33-26(35)22-10-6-19(27(36)37-2)15-23(22)30-28(33)38/h3-10,15-16H,11-14H2,1-2H3,(H,30,38). The Bertz CT molecular complexity index is 1670. The number of aryl methyl sites for hydroxylation is 1. The van der Waals surface area contributed by atoms with Crippen molar-refractivity contribution in [2.24, 2.45) is 0 Å². The van der Waals surface area contributed by atoms with Crippen LogP contribution in [0.3, 0.4) is 0 Å². The van der Waals surface area contributed by atoms with Crippen molar-refractivity contribution < 1.29 is 14.3 Å². The number of rotatable bonds is 4. The van der Waals surface area contributed by atoms with Crippen LogP contribution < -0.4 is 10.5 Å². The molecule has 38 heavy (non-hydrogen) atoms. The van der Waals surface area contributed by atoms with Gasteiger partial charge in [-0.25, -0.2) is 4.79 Å². The van der Waals surface area contributed by atoms with E-state index in [1.165, 1.54) is 23.8 Å². The van der Waals surface area contributed by atoms with Crippen LogP contribution in [0.25, 0.3) is 16.6 Å². The number of nitrogens with zero attached hydrogens (tertiary/aromatic N) is 3. The van der Waals surface area contributed by atoms with Crippen LogP contribution in [-0.2, 0) is 4.74 Å². The number of anilines is 1. The number of piperazine rings is 1. The maximum absolute atomic E-state index is 13.2. The Morgan fingerprint density at radius 1 is 0.947 bits per heavy atom. The summed E-state index contributed by atoms with van der Waals surface area (Å²) < 4.78 is 6.29. The van der Waals surface area contributed by atoms with E-state index in [9.17, 15) is 14.4 Å². The lowest BCUT2D eigenvalue weighted by Crippen LogP contribution is -2.49. The number of esters is 1. The first-order valence-electron chi connectivity index (χ1n) is 12.0. The number of hydrogen-bond acceptors (Lipinski definition) is 6. The number of benzene rings is 3. The second-order valence-electron chi connectivity index (χ2n) is 9.08. The molecule has 2 heterocycles. The highest BCUT2D eigenvalue weighted by Gasteiger charge is 2.23. The molecule has 1 saturated heterocycles. The summed E-state index contributed by atoms with van der Waals surface area (Å²) in [6, 6.07) is 17.3. The number of carbonyl (C=O) groups is 2. The van der Waals surface area contributed by atoms with Crippen LogP contribution >= 0.6 is 23.8 Å². The Morgan fingerprint density at radius 3 is 2.32 bits per heavy atom. The minimum Gasteiger partial charge on any atom is -0.465 e. The lowest BCUT2D eigenvalue weighted by molar-refractivity contribution is 0.0600. The van der Waals surface area contributed by atoms with Gasteiger partial charge in [0.2, 0.25) is 0 Å². The van der Waals surface area contributed by atoms with Crippen molar-refractivity contribution >= 4 is 52.3 Å². The predicted molar refractivity (Wildman–Crippen MR) is 150 cm³/mol. The van der Waals surface area contributed by atoms with E-state index >= 15 is 0 Å². The fourth-order valence-electron chi connectivity index (χ4n) is 4.71. The molecule has 0 radical (unpaired) electrons. The highest BCUT2D eigenvalue weighted by molar-refractivity contribution is 7.71. The Labute approximate surface area is 229 Å². The number of H-pyrrole nitrogens is 1. The first kappa shape index (κ1) is 25.7. The maximum Gasteiger partial charge on any atom is 0.337 e. The minimum absolute atomic E-state index is 0.0645. The first-order valence-corrected chi connectivity index (χ1v) is 12.8. The van der Waals surface area contributed by atoms with E-state index in [0.29, 0.717) is 58.9 Å². The van der Waals surface area contributed by atoms with E-state index in [1.807, 2.05) is 23.1 Å². The van der Waals surface area contributed by atoms with Crippen LogP contribution in [0, 0.1) is 11.7 Å². The molecule has 0 spiro atoms. The molecule has 5 rings (SSSR count). The zero-order valence-corrected chi connectivity index (χ0v) is 22.4. The van der Waals surface area contributed by atoms with Crippen molar-refractivity contribution in [2.45, 2.75) is 6.92 Å². The van der Waals surface area contributed by atoms with Gasteiger partial charge in [0.05, 0.1) is 29.3 Å². The smallest absolute Gasteiger partial charge is 0.337 e. The van der Waals surface area contributed by atoms with Gasteiger partial charge in [-0.3, -0.25) is 14.2 Å². The summed E-state index contributed by atoms with van der Waals surface area (Å²) in [6.07, 6.45) is 0. The number of halogens is 1. The van der Waals surface area contributed by atoms with E-state index in [-0.39, 0.29) is 16.2 Å². The van der Waals surface area contributed by atoms with Crippen molar-refractivity contribution in [3.8, 4) is 5.69 Å². The second kappa shape index (κ2) is 10.4. The van der Waals surface area contributed by atoms with E-state index in [4.69, 9.17) is 28.6 Å². The fourth-order valence-corrected chi connectivity index (χ4v) is 5.17. The molecule has 1 aliphatic heterocycles. The summed E-state index contributed by atoms with van der Waals surface area (Å²) in [5.74, 6) is -0.568. The summed E-state index contributed by atoms with van der Waals surface area (Å²) in [4.78, 5) is 45.3. The third-order valence-electron chi connectivity index (χ3n) is 6.77. The summed E-state index contributed by atoms with van der Waals surface area (Å²) in [6.45, 7) is 4.66. The largest absolute Gasteiger partial charge is 0.465 e. The number of amides is 1. The third kappa shape index (κ3) is 4.82. The molecular weight excluding hydrogens is 524 g/mol. The molecule has 10 heteroatoms. The number of fused-ring (bicyclic) bond motifs is 1. The SMILES string of the molecule is COC(=O)c1ccc2c(=O)n(-c3ccc(C(=O)N4CCN(c5cc(Cl)ccc5C)CC4)cc3)c(=S)[nH]c2c1. The quantitative estimate of drug-likeness (QED) is 0.292. The Balaban J connectivity index is 1.34. The molecule has 0 atom stereocenters. The number of carbonyl (C=O) groups excluding carboxylic acids is 2. The zero-order chi connectivity index (χ0) is 27.0. The first-order chi connectivity index (χ1) is 18.3. The molecule has 0 unspecified atom stereocenters. The van der Waals surface area contributed by atoms with Gasteiger partial charge >= 0.3 is 5.97 Å². The van der Waals surface area contributed by atoms with Gasteiger partial charge in [-0.05, 0) is 79.3 Å². The Morgan fingerprint density at radius 2 is 1.63 bits per heavy atom. The molecule has 194 valence electrons. The van der Waals surface area contributed by atoms with E-state index < -0.39 is 5.97 Å². The normalized spacial score (nSPS) is 13.6. The maximum atomic E-state index is 13.2. The average Bonchev–Trinajstić information content (AvgIpc) is 2.93. The van der Waals surface area contributed by atoms with Crippen LogP contribution in [-0.4, -0.2) is 59.6 Å². The van der Waals surface area contributed by atoms with Crippen LogP contribution in [0.1, 0.15) is 26.3 Å². The van der Waals surface area contributed by atoms with Crippen LogP contribution in [0.4, 0.5) is 5.69 Å². The van der Waals surface area contributed by atoms with Crippen LogP contribution in [0.2, 0.25) is 5.02 Å². The summed E-state index contributed by atoms with van der Waals surface area (Å²) in [5.41, 5.74) is 3.74. The molecule has 1 fully saturated rings. The van der Waals surface area contributed by atoms with Crippen molar-refractivity contribution in [1.29, 1.82) is 0 Å². The minimum atomic E-state index is -0.503. The van der Waals surface area contributed by atoms with Crippen molar-refractivity contribution in [3.63, 3.8) is 0 Å². The monoisotopic (exact) mass is 548 g/mol. The van der Waals surface area contributed by atoms with Gasteiger partial charge in [0.15, 0.2) is 4.77 Å². The Kier molecular flexibility index (Phi) is 7.05. The third-order valence-corrected chi connectivity index (χ3v) is 7.29. The summed E-state index contributed by atoms with van der Waals surface area (Å²) in [7, 11) is 1.29. The molecule has 0 aliphatic carbocycles. The summed E-state index contributed by atoms with van der Waals surface area (Å²) in [5, 5.41) is 1.07. The fraction of sp³-hybridized carbons (Fsp3) is 0.214. The highest BCUT2D eigenvalue weighted by atomic mass is 35.5. The van der Waals surface area contributed by atoms with E-state index in [1.54, 1.807) is 30.3 Å². The number of ether oxygens (including phenoxy) is 1. The number of aromatic nitrogens is 2. The molecule has 1 N–H and O–H groups in total. The lowest BCUT2D eigenvalue weighted by Gasteiger charge is -2.37. The van der Waals surface area contributed by atoms with Gasteiger partial charge in [0, 0.05) is 42.5 Å². The van der Waals surface area contributed by atoms with Gasteiger partial charge in [-0.15, -0.1) is 0 Å². The average molecular weight is 549 g/mol. The summed E-state index contributed by atoms with van der Waals surface area (Å²) >= 11 is 11.6. The molecule has 0 bridgehead atoms. The predicted octanol–water partition coefficient (Wildman–Crippen LogP) is 4.76. The molecule has 1 amide bonds. The Hall–Kier alpha value is -3.95. The molecule has 1 aromatic heterocycles.